The van der Waals surface area contributed by atoms with Crippen LogP contribution >= 0.6 is 7.82 Å². The summed E-state index contributed by atoms with van der Waals surface area (Å²) >= 11 is 0. The first-order valence-electron chi connectivity index (χ1n) is 33.7. The number of benzene rings is 3. The first-order valence-corrected chi connectivity index (χ1v) is 35.1. The monoisotopic (exact) mass is 1640 g/mol. The van der Waals surface area contributed by atoms with Crippen molar-refractivity contribution in [3.63, 3.8) is 0 Å². The zero-order valence-electron chi connectivity index (χ0n) is 60.5. The summed E-state index contributed by atoms with van der Waals surface area (Å²) in [5.41, 5.74) is 2.85. The van der Waals surface area contributed by atoms with E-state index in [9.17, 15) is 86.0 Å². The van der Waals surface area contributed by atoms with Crippen LogP contribution in [0.1, 0.15) is 81.9 Å². The van der Waals surface area contributed by atoms with Crippen molar-refractivity contribution in [1.29, 1.82) is 0 Å². The molecule has 31 nitrogen and oxygen atoms in total. The lowest BCUT2D eigenvalue weighted by Gasteiger charge is -2.17. The fraction of sp³-hybridized carbons (Fsp3) is 0.208. The van der Waals surface area contributed by atoms with Gasteiger partial charge in [-0.2, -0.15) is 15.3 Å². The van der Waals surface area contributed by atoms with Crippen LogP contribution in [-0.2, 0) is 52.2 Å². The van der Waals surface area contributed by atoms with Gasteiger partial charge in [0.2, 0.25) is 0 Å². The minimum absolute atomic E-state index is 0.00922. The van der Waals surface area contributed by atoms with Crippen molar-refractivity contribution in [2.24, 2.45) is 0 Å². The Labute approximate surface area is 643 Å². The minimum Gasteiger partial charge on any atom is -0.406 e. The number of nitrogens with zero attached hydrogens (tertiary/aromatic N) is 12. The summed E-state index contributed by atoms with van der Waals surface area (Å²) in [7, 11) is -5.23. The van der Waals surface area contributed by atoms with Gasteiger partial charge in [-0.3, -0.25) is 57.3 Å². The Morgan fingerprint density at radius 1 is 0.371 bits per heavy atom. The number of amides is 6. The molecule has 12 rings (SSSR count). The van der Waals surface area contributed by atoms with Gasteiger partial charge in [-0.15, -0.1) is 39.5 Å². The van der Waals surface area contributed by atoms with Gasteiger partial charge in [-0.05, 0) is 151 Å². The number of phosphoric acid groups is 1. The molecule has 0 saturated heterocycles. The van der Waals surface area contributed by atoms with Crippen molar-refractivity contribution in [2.75, 3.05) is 35.8 Å². The lowest BCUT2D eigenvalue weighted by atomic mass is 10.0. The number of carbonyl (C=O) groups is 6. The molecule has 0 aliphatic heterocycles. The van der Waals surface area contributed by atoms with E-state index >= 15 is 0 Å². The second-order valence-corrected chi connectivity index (χ2v) is 26.7. The van der Waals surface area contributed by atoms with Crippen LogP contribution in [0.2, 0.25) is 0 Å². The summed E-state index contributed by atoms with van der Waals surface area (Å²) in [6.07, 6.45) is -11.4. The molecule has 0 saturated carbocycles. The van der Waals surface area contributed by atoms with Gasteiger partial charge in [0, 0.05) is 70.1 Å². The maximum atomic E-state index is 14.6. The van der Waals surface area contributed by atoms with E-state index in [-0.39, 0.29) is 102 Å². The number of imidazole rings is 3. The summed E-state index contributed by atoms with van der Waals surface area (Å²) in [4.78, 5) is 108. The van der Waals surface area contributed by atoms with Gasteiger partial charge in [0.05, 0.1) is 69.4 Å². The van der Waals surface area contributed by atoms with E-state index in [4.69, 9.17) is 13.6 Å². The molecule has 6 amide bonds. The summed E-state index contributed by atoms with van der Waals surface area (Å²) in [6.45, 7) is 4.24. The molecule has 9 aromatic heterocycles. The largest absolute Gasteiger partial charge is 0.573 e. The van der Waals surface area contributed by atoms with Crippen molar-refractivity contribution in [2.45, 2.75) is 80.3 Å². The predicted molar refractivity (Wildman–Crippen MR) is 381 cm³/mol. The second kappa shape index (κ2) is 33.3. The quantitative estimate of drug-likeness (QED) is 0.0206. The smallest absolute Gasteiger partial charge is 0.406 e. The highest BCUT2D eigenvalue weighted by molar-refractivity contribution is 7.48. The zero-order chi connectivity index (χ0) is 83.5. The van der Waals surface area contributed by atoms with Crippen LogP contribution in [-0.4, -0.2) is 133 Å². The molecular weight excluding hydrogens is 1580 g/mol. The number of halogens is 12. The van der Waals surface area contributed by atoms with E-state index in [1.54, 1.807) is 20.8 Å². The van der Waals surface area contributed by atoms with Gasteiger partial charge >= 0.3 is 26.9 Å². The topological polar surface area (TPSA) is 376 Å². The van der Waals surface area contributed by atoms with Crippen LogP contribution in [0.3, 0.4) is 0 Å². The molecule has 44 heteroatoms. The highest BCUT2D eigenvalue weighted by Gasteiger charge is 2.35. The second-order valence-electron chi connectivity index (χ2n) is 25.1. The van der Waals surface area contributed by atoms with E-state index in [1.165, 1.54) is 108 Å². The number of aromatic nitrogens is 12. The lowest BCUT2D eigenvalue weighted by Crippen LogP contribution is -2.25. The Kier molecular flexibility index (Phi) is 23.5. The number of pyridine rings is 3. The van der Waals surface area contributed by atoms with E-state index < -0.39 is 137 Å². The molecule has 6 N–H and O–H groups in total. The first-order chi connectivity index (χ1) is 54.7. The van der Waals surface area contributed by atoms with Crippen molar-refractivity contribution < 1.29 is 114 Å². The number of carbonyl (C=O) groups excluding carboxylic acids is 6. The minimum atomic E-state index is -5.23. The van der Waals surface area contributed by atoms with E-state index in [2.05, 4.69) is 91.3 Å². The van der Waals surface area contributed by atoms with Crippen LogP contribution in [0, 0.1) is 59.0 Å². The molecule has 0 unspecified atom stereocenters. The number of phosphoric ester groups is 1. The number of anilines is 3. The molecular formula is C72H57F12N18O13P. The van der Waals surface area contributed by atoms with Gasteiger partial charge in [-0.25, -0.2) is 46.2 Å². The van der Waals surface area contributed by atoms with Gasteiger partial charge in [0.15, 0.2) is 34.4 Å². The van der Waals surface area contributed by atoms with E-state index in [0.717, 1.165) is 54.6 Å². The van der Waals surface area contributed by atoms with Crippen LogP contribution in [0.5, 0.6) is 17.2 Å². The Morgan fingerprint density at radius 3 is 0.897 bits per heavy atom. The number of alkyl halides is 9. The summed E-state index contributed by atoms with van der Waals surface area (Å²) < 4.78 is 206. The predicted octanol–water partition coefficient (Wildman–Crippen LogP) is 12.1. The molecule has 602 valence electrons. The molecule has 0 bridgehead atoms. The molecule has 0 spiro atoms. The number of rotatable bonds is 27. The van der Waals surface area contributed by atoms with E-state index in [0.29, 0.717) is 33.8 Å². The Hall–Kier alpha value is -13.5. The molecule has 9 heterocycles. The first kappa shape index (κ1) is 81.9. The number of hydrogen-bond acceptors (Lipinski definition) is 22. The fourth-order valence-corrected chi connectivity index (χ4v) is 12.5. The highest BCUT2D eigenvalue weighted by atomic mass is 31.2. The summed E-state index contributed by atoms with van der Waals surface area (Å²) in [6, 6.07) is 20.1. The van der Waals surface area contributed by atoms with Crippen molar-refractivity contribution in [3.8, 4) is 51.0 Å². The number of aryl methyl sites for hydroxylation is 6. The number of hydrogen-bond donors (Lipinski definition) is 6. The summed E-state index contributed by atoms with van der Waals surface area (Å²) in [5.74, 6) is -10.9. The van der Waals surface area contributed by atoms with Crippen LogP contribution in [0.25, 0.3) is 50.7 Å². The molecule has 116 heavy (non-hydrogen) atoms. The molecule has 0 atom stereocenters. The molecule has 0 aliphatic carbocycles. The van der Waals surface area contributed by atoms with E-state index in [1.807, 2.05) is 0 Å². The number of ether oxygens (including phenoxy) is 3. The molecule has 0 aliphatic rings. The standard InChI is InChI=1S/C72H57F12N18O13P/c1-34-46(22-49(37(4)88-34)67(106)85-25-40-19-43(7-10-52(40)73)113-70(76,77)78)55-13-16-61-91-58(28-100(61)97-55)94-64(103)31-110-116(109,111-32-65(104)95-59-29-101-62(92-59)17-14-56(98-101)47-23-50(38(5)89-35(47)2)68(107)86-26-41-20-44(8-11-53(41)74)114-71(79,80)81)112-33-66(105)96-60-30-102-63(93-60)18-15-57(99-102)48-24-51(39(6)90-36(48)3)69(108)87-27-42-21-45(9-12-54(42)75)115-72(82,83)84/h7-24,28-30H,25-27,31-33H2,1-6H3,(H,85,106)(H,86,107)(H,87,108)(H,94,103)(H,95,104)(H,96,105). The van der Waals surface area contributed by atoms with Gasteiger partial charge in [-0.1, -0.05) is 0 Å². The fourth-order valence-electron chi connectivity index (χ4n) is 11.4. The molecule has 0 fully saturated rings. The Morgan fingerprint density at radius 2 is 0.638 bits per heavy atom. The van der Waals surface area contributed by atoms with Crippen LogP contribution in [0.4, 0.5) is 70.1 Å². The van der Waals surface area contributed by atoms with Crippen molar-refractivity contribution >= 4 is 77.7 Å². The maximum absolute atomic E-state index is 14.6. The van der Waals surface area contributed by atoms with Gasteiger partial charge in [0.1, 0.15) is 54.5 Å². The zero-order valence-corrected chi connectivity index (χ0v) is 61.4. The molecule has 0 radical (unpaired) electrons. The SMILES string of the molecule is Cc1nc(C)c(-c2ccc3nc(NC(=O)COP(=O)(OCC(=O)Nc4cn5nc(-c6cc(C(=O)NCc7cc(OC(F)(F)F)ccc7F)c(C)nc6C)ccc5n4)OCC(=O)Nc4cn5nc(-c6cc(C(=O)NCc7cc(OC(F)(F)F)ccc7F)c(C)nc6C)ccc5n4)cn3n2)cc1C(=O)NCc1cc(OC(F)(F)F)ccc1F. The van der Waals surface area contributed by atoms with Gasteiger partial charge < -0.3 is 46.1 Å². The summed E-state index contributed by atoms with van der Waals surface area (Å²) in [5, 5.41) is 28.3. The average molecular weight is 1640 g/mol. The average Bonchev–Trinajstić information content (AvgIpc) is 1.52. The third-order valence-corrected chi connectivity index (χ3v) is 18.0. The number of nitrogens with one attached hydrogen (secondary N) is 6. The highest BCUT2D eigenvalue weighted by Crippen LogP contribution is 2.49. The maximum Gasteiger partial charge on any atom is 0.573 e. The molecule has 12 aromatic rings. The Bertz CT molecular complexity index is 5400. The van der Waals surface area contributed by atoms with Crippen LogP contribution < -0.4 is 46.1 Å². The van der Waals surface area contributed by atoms with Gasteiger partial charge in [0.25, 0.3) is 35.4 Å². The Balaban J connectivity index is 0.725. The molecule has 3 aromatic carbocycles. The number of fused-ring (bicyclic) bond motifs is 3. The third-order valence-electron chi connectivity index (χ3n) is 16.7. The normalized spacial score (nSPS) is 11.9. The van der Waals surface area contributed by atoms with Crippen molar-refractivity contribution in [3.05, 3.63) is 213 Å². The lowest BCUT2D eigenvalue weighted by molar-refractivity contribution is -0.275. The third kappa shape index (κ3) is 20.4. The van der Waals surface area contributed by atoms with Crippen molar-refractivity contribution in [1.82, 2.24) is 74.7 Å². The van der Waals surface area contributed by atoms with Crippen LogP contribution in [0.15, 0.2) is 128 Å².